The van der Waals surface area contributed by atoms with Crippen molar-refractivity contribution in [2.24, 2.45) is 0 Å². The number of amides is 1. The van der Waals surface area contributed by atoms with Crippen LogP contribution < -0.4 is 29.0 Å². The van der Waals surface area contributed by atoms with Crippen LogP contribution in [0, 0.1) is 0 Å². The average molecular weight is 574 g/mol. The van der Waals surface area contributed by atoms with Gasteiger partial charge in [-0.1, -0.05) is 6.07 Å². The van der Waals surface area contributed by atoms with E-state index < -0.39 is 29.8 Å². The molecule has 0 radical (unpaired) electrons. The lowest BCUT2D eigenvalue weighted by Gasteiger charge is -2.14. The molecule has 0 heterocycles. The van der Waals surface area contributed by atoms with Gasteiger partial charge in [0.2, 0.25) is 11.7 Å². The largest absolute Gasteiger partial charge is 0.493 e. The number of carbonyl (C=O) groups is 5. The Balaban J connectivity index is 1.77. The van der Waals surface area contributed by atoms with Gasteiger partial charge in [-0.2, -0.15) is 0 Å². The molecule has 0 saturated heterocycles. The zero-order chi connectivity index (χ0) is 30.4. The first-order chi connectivity index (χ1) is 19.5. The van der Waals surface area contributed by atoms with Crippen LogP contribution in [-0.2, 0) is 28.7 Å². The van der Waals surface area contributed by atoms with E-state index in [0.717, 1.165) is 0 Å². The molecule has 0 unspecified atom stereocenters. The zero-order valence-corrected chi connectivity index (χ0v) is 23.3. The molecular weight excluding hydrogens is 542 g/mol. The Labute approximate surface area is 236 Å². The second kappa shape index (κ2) is 16.3. The van der Waals surface area contributed by atoms with E-state index >= 15 is 0 Å². The highest BCUT2D eigenvalue weighted by atomic mass is 16.6. The summed E-state index contributed by atoms with van der Waals surface area (Å²) in [5.74, 6) is -2.42. The van der Waals surface area contributed by atoms with Gasteiger partial charge in [0.15, 0.2) is 23.0 Å². The maximum Gasteiger partial charge on any atom is 0.338 e. The molecule has 0 saturated carbocycles. The van der Waals surface area contributed by atoms with E-state index in [4.69, 9.17) is 33.2 Å². The first-order valence-electron chi connectivity index (χ1n) is 12.2. The summed E-state index contributed by atoms with van der Waals surface area (Å²) in [5, 5.41) is 2.63. The fraction of sp³-hybridized carbons (Fsp3) is 0.321. The van der Waals surface area contributed by atoms with E-state index in [1.54, 1.807) is 6.07 Å². The van der Waals surface area contributed by atoms with Crippen molar-refractivity contribution in [3.63, 3.8) is 0 Å². The Morgan fingerprint density at radius 2 is 1.34 bits per heavy atom. The fourth-order valence-electron chi connectivity index (χ4n) is 3.20. The minimum atomic E-state index is -0.671. The van der Waals surface area contributed by atoms with Crippen LogP contribution >= 0.6 is 0 Å². The van der Waals surface area contributed by atoms with E-state index in [1.165, 1.54) is 71.4 Å². The van der Waals surface area contributed by atoms with Crippen LogP contribution in [0.2, 0.25) is 0 Å². The van der Waals surface area contributed by atoms with Crippen molar-refractivity contribution in [1.29, 1.82) is 0 Å². The Kier molecular flexibility index (Phi) is 12.8. The van der Waals surface area contributed by atoms with Gasteiger partial charge in [0.25, 0.3) is 0 Å². The highest BCUT2D eigenvalue weighted by Gasteiger charge is 2.20. The molecule has 0 spiro atoms. The molecule has 0 aliphatic heterocycles. The van der Waals surface area contributed by atoms with Gasteiger partial charge >= 0.3 is 23.9 Å². The minimum absolute atomic E-state index is 0.0432. The molecular formula is C28H31NO12. The van der Waals surface area contributed by atoms with Gasteiger partial charge in [-0.15, -0.1) is 0 Å². The van der Waals surface area contributed by atoms with E-state index in [0.29, 0.717) is 5.56 Å². The summed E-state index contributed by atoms with van der Waals surface area (Å²) in [7, 11) is 2.70. The van der Waals surface area contributed by atoms with Crippen LogP contribution in [0.25, 0.3) is 6.08 Å². The van der Waals surface area contributed by atoms with Gasteiger partial charge in [-0.05, 0) is 35.9 Å². The summed E-state index contributed by atoms with van der Waals surface area (Å²) in [5.41, 5.74) is 0.649. The van der Waals surface area contributed by atoms with Crippen LogP contribution in [-0.4, -0.2) is 70.4 Å². The first-order valence-corrected chi connectivity index (χ1v) is 12.2. The Morgan fingerprint density at radius 1 is 0.732 bits per heavy atom. The van der Waals surface area contributed by atoms with Crippen molar-refractivity contribution < 1.29 is 57.1 Å². The van der Waals surface area contributed by atoms with E-state index in [-0.39, 0.29) is 60.7 Å². The number of esters is 4. The standard InChI is InChI=1S/C28H31NO12/c1-17(30)39-22-8-6-20(14-23(22)40-18(2)31)7-9-26(33)29-10-11-37-12-13-38-28(34)21-15-24(35-4)27(41-19(3)32)25(16-21)36-5/h6-9,14-16H,10-13H2,1-5H3,(H,29,33)/b9-7+. The van der Waals surface area contributed by atoms with Crippen molar-refractivity contribution in [1.82, 2.24) is 5.32 Å². The summed E-state index contributed by atoms with van der Waals surface area (Å²) >= 11 is 0. The lowest BCUT2D eigenvalue weighted by molar-refractivity contribution is -0.134. The molecule has 2 aromatic rings. The minimum Gasteiger partial charge on any atom is -0.493 e. The van der Waals surface area contributed by atoms with Crippen molar-refractivity contribution in [2.45, 2.75) is 20.8 Å². The lowest BCUT2D eigenvalue weighted by atomic mass is 10.2. The Bertz CT molecular complexity index is 1280. The van der Waals surface area contributed by atoms with Gasteiger partial charge in [0.05, 0.1) is 33.0 Å². The van der Waals surface area contributed by atoms with E-state index in [2.05, 4.69) is 5.32 Å². The fourth-order valence-corrected chi connectivity index (χ4v) is 3.20. The summed E-state index contributed by atoms with van der Waals surface area (Å²) in [6, 6.07) is 7.20. The third-order valence-corrected chi connectivity index (χ3v) is 4.85. The molecule has 0 aromatic heterocycles. The molecule has 0 aliphatic carbocycles. The lowest BCUT2D eigenvalue weighted by Crippen LogP contribution is -2.26. The first kappa shape index (κ1) is 32.3. The molecule has 1 amide bonds. The number of methoxy groups -OCH3 is 2. The maximum absolute atomic E-state index is 12.4. The number of rotatable bonds is 14. The van der Waals surface area contributed by atoms with Gasteiger partial charge < -0.3 is 38.5 Å². The highest BCUT2D eigenvalue weighted by molar-refractivity contribution is 5.92. The van der Waals surface area contributed by atoms with Crippen molar-refractivity contribution >= 4 is 35.9 Å². The molecule has 0 atom stereocenters. The predicted octanol–water partition coefficient (Wildman–Crippen LogP) is 2.48. The van der Waals surface area contributed by atoms with Crippen LogP contribution in [0.15, 0.2) is 36.4 Å². The molecule has 0 aliphatic rings. The van der Waals surface area contributed by atoms with Crippen molar-refractivity contribution in [2.75, 3.05) is 40.6 Å². The van der Waals surface area contributed by atoms with Gasteiger partial charge in [0, 0.05) is 33.4 Å². The quantitative estimate of drug-likeness (QED) is 0.152. The number of benzene rings is 2. The normalized spacial score (nSPS) is 10.5. The molecule has 13 heteroatoms. The second-order valence-electron chi connectivity index (χ2n) is 8.07. The van der Waals surface area contributed by atoms with Gasteiger partial charge in [-0.25, -0.2) is 4.79 Å². The van der Waals surface area contributed by atoms with Crippen molar-refractivity contribution in [3.05, 3.63) is 47.5 Å². The van der Waals surface area contributed by atoms with Crippen molar-refractivity contribution in [3.8, 4) is 28.7 Å². The summed E-state index contributed by atoms with van der Waals surface area (Å²) < 4.78 is 36.1. The van der Waals surface area contributed by atoms with Crippen LogP contribution in [0.5, 0.6) is 28.7 Å². The molecule has 41 heavy (non-hydrogen) atoms. The summed E-state index contributed by atoms with van der Waals surface area (Å²) in [6.07, 6.45) is 2.76. The highest BCUT2D eigenvalue weighted by Crippen LogP contribution is 2.39. The van der Waals surface area contributed by atoms with E-state index in [9.17, 15) is 24.0 Å². The van der Waals surface area contributed by atoms with Crippen LogP contribution in [0.1, 0.15) is 36.7 Å². The topological polar surface area (TPSA) is 162 Å². The SMILES string of the molecule is COc1cc(C(=O)OCCOCCNC(=O)/C=C/c2ccc(OC(C)=O)c(OC(C)=O)c2)cc(OC)c1OC(C)=O. The van der Waals surface area contributed by atoms with E-state index in [1.807, 2.05) is 0 Å². The molecule has 220 valence electrons. The Morgan fingerprint density at radius 3 is 1.93 bits per heavy atom. The second-order valence-corrected chi connectivity index (χ2v) is 8.07. The molecule has 0 bridgehead atoms. The monoisotopic (exact) mass is 573 g/mol. The summed E-state index contributed by atoms with van der Waals surface area (Å²) in [6.45, 7) is 4.01. The third kappa shape index (κ3) is 11.0. The molecule has 13 nitrogen and oxygen atoms in total. The molecule has 2 aromatic carbocycles. The number of carbonyl (C=O) groups excluding carboxylic acids is 5. The molecule has 0 fully saturated rings. The Hall–Kier alpha value is -4.91. The average Bonchev–Trinajstić information content (AvgIpc) is 2.91. The smallest absolute Gasteiger partial charge is 0.338 e. The molecule has 1 N–H and O–H groups in total. The maximum atomic E-state index is 12.4. The predicted molar refractivity (Wildman–Crippen MR) is 143 cm³/mol. The number of hydrogen-bond donors (Lipinski definition) is 1. The number of ether oxygens (including phenoxy) is 7. The summed E-state index contributed by atoms with van der Waals surface area (Å²) in [4.78, 5) is 58.4. The van der Waals surface area contributed by atoms with Gasteiger partial charge in [0.1, 0.15) is 6.61 Å². The van der Waals surface area contributed by atoms with Crippen LogP contribution in [0.3, 0.4) is 0 Å². The molecule has 2 rings (SSSR count). The third-order valence-electron chi connectivity index (χ3n) is 4.85. The number of nitrogens with one attached hydrogen (secondary N) is 1. The van der Waals surface area contributed by atoms with Gasteiger partial charge in [-0.3, -0.25) is 19.2 Å². The zero-order valence-electron chi connectivity index (χ0n) is 23.3. The number of hydrogen-bond acceptors (Lipinski definition) is 12. The van der Waals surface area contributed by atoms with Crippen LogP contribution in [0.4, 0.5) is 0 Å².